The molecule has 0 bridgehead atoms. The molecule has 0 aromatic carbocycles. The number of hydrogen-bond acceptors (Lipinski definition) is 6. The third-order valence-corrected chi connectivity index (χ3v) is 8.87. The number of thioether (sulfide) groups is 1. The average Bonchev–Trinajstić information content (AvgIpc) is 3.51. The SMILES string of the molecule is CC1CCc2c(sc3nc(SC(C)C(=O)NC4CCCC4)n(Cc4ccco4)c(=O)c23)C1. The van der Waals surface area contributed by atoms with Crippen molar-refractivity contribution in [1.82, 2.24) is 14.9 Å². The van der Waals surface area contributed by atoms with E-state index in [-0.39, 0.29) is 22.8 Å². The second-order valence-electron chi connectivity index (χ2n) is 9.15. The fraction of sp³-hybridized carbons (Fsp3) is 0.542. The van der Waals surface area contributed by atoms with Gasteiger partial charge in [0, 0.05) is 10.9 Å². The van der Waals surface area contributed by atoms with Gasteiger partial charge in [0.2, 0.25) is 5.91 Å². The number of hydrogen-bond donors (Lipinski definition) is 1. The van der Waals surface area contributed by atoms with Crippen molar-refractivity contribution in [2.24, 2.45) is 5.92 Å². The molecule has 6 nitrogen and oxygen atoms in total. The van der Waals surface area contributed by atoms with Crippen molar-refractivity contribution in [3.8, 4) is 0 Å². The number of carbonyl (C=O) groups is 1. The van der Waals surface area contributed by atoms with Crippen molar-refractivity contribution in [2.45, 2.75) is 81.8 Å². The summed E-state index contributed by atoms with van der Waals surface area (Å²) in [5, 5.41) is 4.18. The number of furan rings is 1. The molecule has 2 unspecified atom stereocenters. The molecule has 0 radical (unpaired) electrons. The molecule has 5 rings (SSSR count). The van der Waals surface area contributed by atoms with Crippen LogP contribution >= 0.6 is 23.1 Å². The Hall–Kier alpha value is -2.06. The number of aromatic nitrogens is 2. The van der Waals surface area contributed by atoms with Crippen LogP contribution in [-0.2, 0) is 24.2 Å². The molecule has 3 heterocycles. The summed E-state index contributed by atoms with van der Waals surface area (Å²) in [4.78, 5) is 33.5. The average molecular weight is 472 g/mol. The van der Waals surface area contributed by atoms with E-state index in [0.717, 1.165) is 42.3 Å². The second-order valence-corrected chi connectivity index (χ2v) is 11.5. The molecular formula is C24H29N3O3S2. The van der Waals surface area contributed by atoms with Gasteiger partial charge in [0.25, 0.3) is 5.56 Å². The predicted molar refractivity (Wildman–Crippen MR) is 129 cm³/mol. The van der Waals surface area contributed by atoms with E-state index < -0.39 is 0 Å². The Labute approximate surface area is 195 Å². The number of aryl methyl sites for hydroxylation is 1. The van der Waals surface area contributed by atoms with Crippen LogP contribution in [0.25, 0.3) is 10.2 Å². The zero-order valence-electron chi connectivity index (χ0n) is 18.6. The minimum Gasteiger partial charge on any atom is -0.467 e. The Kier molecular flexibility index (Phi) is 6.16. The molecule has 2 aliphatic carbocycles. The minimum absolute atomic E-state index is 0.0140. The molecule has 3 aromatic rings. The number of thiophene rings is 1. The topological polar surface area (TPSA) is 77.1 Å². The monoisotopic (exact) mass is 471 g/mol. The van der Waals surface area contributed by atoms with E-state index in [4.69, 9.17) is 9.40 Å². The molecule has 32 heavy (non-hydrogen) atoms. The molecule has 0 aliphatic heterocycles. The Bertz CT molecular complexity index is 1180. The Morgan fingerprint density at radius 2 is 2.19 bits per heavy atom. The molecule has 2 aliphatic rings. The van der Waals surface area contributed by atoms with Gasteiger partial charge >= 0.3 is 0 Å². The highest BCUT2D eigenvalue weighted by atomic mass is 32.2. The van der Waals surface area contributed by atoms with Gasteiger partial charge in [0.15, 0.2) is 5.16 Å². The first-order valence-corrected chi connectivity index (χ1v) is 13.2. The largest absolute Gasteiger partial charge is 0.467 e. The Balaban J connectivity index is 1.51. The number of rotatable bonds is 6. The summed E-state index contributed by atoms with van der Waals surface area (Å²) in [6, 6.07) is 3.97. The van der Waals surface area contributed by atoms with Gasteiger partial charge in [-0.1, -0.05) is 31.5 Å². The highest BCUT2D eigenvalue weighted by Crippen LogP contribution is 2.37. The van der Waals surface area contributed by atoms with Gasteiger partial charge in [0.1, 0.15) is 10.6 Å². The van der Waals surface area contributed by atoms with Crippen LogP contribution in [0.15, 0.2) is 32.8 Å². The summed E-state index contributed by atoms with van der Waals surface area (Å²) < 4.78 is 7.23. The highest BCUT2D eigenvalue weighted by Gasteiger charge is 2.27. The molecule has 1 amide bonds. The van der Waals surface area contributed by atoms with Crippen LogP contribution < -0.4 is 10.9 Å². The summed E-state index contributed by atoms with van der Waals surface area (Å²) in [6.07, 6.45) is 9.11. The first-order chi connectivity index (χ1) is 15.5. The fourth-order valence-electron chi connectivity index (χ4n) is 4.79. The standard InChI is InChI=1S/C24H29N3O3S2/c1-14-9-10-18-19(12-14)32-22-20(18)23(29)27(13-17-8-5-11-30-17)24(26-22)31-15(2)21(28)25-16-6-3-4-7-16/h5,8,11,14-16H,3-4,6-7,9-10,12-13H2,1-2H3,(H,25,28). The lowest BCUT2D eigenvalue weighted by atomic mass is 9.89. The van der Waals surface area contributed by atoms with E-state index in [1.54, 1.807) is 22.2 Å². The van der Waals surface area contributed by atoms with Gasteiger partial charge in [-0.2, -0.15) is 0 Å². The summed E-state index contributed by atoms with van der Waals surface area (Å²) in [5.74, 6) is 1.35. The quantitative estimate of drug-likeness (QED) is 0.414. The summed E-state index contributed by atoms with van der Waals surface area (Å²) in [6.45, 7) is 4.47. The molecule has 2 atom stereocenters. The van der Waals surface area contributed by atoms with Crippen LogP contribution in [-0.4, -0.2) is 26.8 Å². The number of fused-ring (bicyclic) bond motifs is 3. The lowest BCUT2D eigenvalue weighted by molar-refractivity contribution is -0.120. The molecule has 0 spiro atoms. The maximum absolute atomic E-state index is 13.7. The lowest BCUT2D eigenvalue weighted by Crippen LogP contribution is -2.38. The summed E-state index contributed by atoms with van der Waals surface area (Å²) >= 11 is 3.01. The van der Waals surface area contributed by atoms with Gasteiger partial charge < -0.3 is 9.73 Å². The molecule has 1 saturated carbocycles. The molecule has 3 aromatic heterocycles. The van der Waals surface area contributed by atoms with Gasteiger partial charge in [-0.25, -0.2) is 4.98 Å². The van der Waals surface area contributed by atoms with Gasteiger partial charge in [0.05, 0.1) is 23.4 Å². The second kappa shape index (κ2) is 9.06. The fourth-order valence-corrected chi connectivity index (χ4v) is 7.13. The van der Waals surface area contributed by atoms with Crippen molar-refractivity contribution in [2.75, 3.05) is 0 Å². The third kappa shape index (κ3) is 4.27. The van der Waals surface area contributed by atoms with Crippen LogP contribution in [0.4, 0.5) is 0 Å². The van der Waals surface area contributed by atoms with Crippen molar-refractivity contribution in [3.63, 3.8) is 0 Å². The van der Waals surface area contributed by atoms with Crippen LogP contribution in [0.5, 0.6) is 0 Å². The summed E-state index contributed by atoms with van der Waals surface area (Å²) in [5.41, 5.74) is 1.15. The van der Waals surface area contributed by atoms with E-state index >= 15 is 0 Å². The van der Waals surface area contributed by atoms with Crippen molar-refractivity contribution in [1.29, 1.82) is 0 Å². The van der Waals surface area contributed by atoms with Crippen molar-refractivity contribution >= 4 is 39.2 Å². The molecule has 0 saturated heterocycles. The van der Waals surface area contributed by atoms with Crippen molar-refractivity contribution in [3.05, 3.63) is 45.0 Å². The van der Waals surface area contributed by atoms with E-state index in [2.05, 4.69) is 12.2 Å². The van der Waals surface area contributed by atoms with Gasteiger partial charge in [-0.3, -0.25) is 14.2 Å². The van der Waals surface area contributed by atoms with Crippen LogP contribution in [0.2, 0.25) is 0 Å². The first-order valence-electron chi connectivity index (χ1n) is 11.5. The van der Waals surface area contributed by atoms with Crippen molar-refractivity contribution < 1.29 is 9.21 Å². The number of nitrogens with one attached hydrogen (secondary N) is 1. The zero-order chi connectivity index (χ0) is 22.2. The number of amides is 1. The van der Waals surface area contributed by atoms with Gasteiger partial charge in [-0.05, 0) is 62.6 Å². The van der Waals surface area contributed by atoms with E-state index in [1.165, 1.54) is 35.0 Å². The number of nitrogens with zero attached hydrogens (tertiary/aromatic N) is 2. The molecular weight excluding hydrogens is 442 g/mol. The molecule has 170 valence electrons. The molecule has 8 heteroatoms. The minimum atomic E-state index is -0.336. The van der Waals surface area contributed by atoms with E-state index in [0.29, 0.717) is 23.4 Å². The Morgan fingerprint density at radius 1 is 1.38 bits per heavy atom. The first kappa shape index (κ1) is 21.8. The summed E-state index contributed by atoms with van der Waals surface area (Å²) in [7, 11) is 0. The maximum atomic E-state index is 13.7. The lowest BCUT2D eigenvalue weighted by Gasteiger charge is -2.18. The Morgan fingerprint density at radius 3 is 2.94 bits per heavy atom. The number of carbonyl (C=O) groups excluding carboxylic acids is 1. The highest BCUT2D eigenvalue weighted by molar-refractivity contribution is 8.00. The molecule has 1 fully saturated rings. The van der Waals surface area contributed by atoms with Crippen LogP contribution in [0.1, 0.15) is 62.2 Å². The normalized spacial score (nSPS) is 19.9. The van der Waals surface area contributed by atoms with Crippen LogP contribution in [0, 0.1) is 5.92 Å². The van der Waals surface area contributed by atoms with E-state index in [1.807, 2.05) is 19.1 Å². The zero-order valence-corrected chi connectivity index (χ0v) is 20.2. The van der Waals surface area contributed by atoms with Crippen LogP contribution in [0.3, 0.4) is 0 Å². The smallest absolute Gasteiger partial charge is 0.263 e. The maximum Gasteiger partial charge on any atom is 0.263 e. The molecule has 1 N–H and O–H groups in total. The predicted octanol–water partition coefficient (Wildman–Crippen LogP) is 4.76. The third-order valence-electron chi connectivity index (χ3n) is 6.63. The van der Waals surface area contributed by atoms with Gasteiger partial charge in [-0.15, -0.1) is 11.3 Å². The van der Waals surface area contributed by atoms with E-state index in [9.17, 15) is 9.59 Å².